The van der Waals surface area contributed by atoms with Crippen molar-refractivity contribution in [3.63, 3.8) is 0 Å². The van der Waals surface area contributed by atoms with Gasteiger partial charge in [0.15, 0.2) is 0 Å². The van der Waals surface area contributed by atoms with Crippen LogP contribution >= 0.6 is 0 Å². The van der Waals surface area contributed by atoms with Crippen LogP contribution in [-0.2, 0) is 9.53 Å². The molecule has 0 bridgehead atoms. The number of piperidine rings is 1. The highest BCUT2D eigenvalue weighted by Crippen LogP contribution is 2.32. The Morgan fingerprint density at radius 1 is 1.36 bits per heavy atom. The van der Waals surface area contributed by atoms with E-state index in [0.29, 0.717) is 25.1 Å². The van der Waals surface area contributed by atoms with Crippen LogP contribution < -0.4 is 0 Å². The number of aryl methyl sites for hydroxylation is 2. The first-order valence-corrected chi connectivity index (χ1v) is 8.48. The van der Waals surface area contributed by atoms with Crippen molar-refractivity contribution < 1.29 is 19.4 Å². The number of fused-ring (bicyclic) bond motifs is 1. The average molecular weight is 344 g/mol. The number of likely N-dealkylation sites (tertiary alicyclic amines) is 1. The molecule has 1 saturated heterocycles. The van der Waals surface area contributed by atoms with Gasteiger partial charge in [0.1, 0.15) is 11.1 Å². The van der Waals surface area contributed by atoms with Crippen molar-refractivity contribution in [1.82, 2.24) is 9.88 Å². The summed E-state index contributed by atoms with van der Waals surface area (Å²) in [5, 5.41) is 10.7. The quantitative estimate of drug-likeness (QED) is 0.893. The van der Waals surface area contributed by atoms with Gasteiger partial charge in [0, 0.05) is 31.1 Å². The van der Waals surface area contributed by atoms with Crippen LogP contribution in [0.1, 0.15) is 34.5 Å². The monoisotopic (exact) mass is 344 g/mol. The number of nitrogens with one attached hydrogen (secondary N) is 1. The minimum absolute atomic E-state index is 0.108. The van der Waals surface area contributed by atoms with E-state index in [-0.39, 0.29) is 19.1 Å². The van der Waals surface area contributed by atoms with Gasteiger partial charge in [-0.3, -0.25) is 9.59 Å². The molecule has 1 aromatic heterocycles. The smallest absolute Gasteiger partial charge is 0.313 e. The molecule has 0 spiro atoms. The Bertz CT molecular complexity index is 822. The molecule has 6 heteroatoms. The second-order valence-corrected chi connectivity index (χ2v) is 7.00. The maximum Gasteiger partial charge on any atom is 0.313 e. The van der Waals surface area contributed by atoms with Crippen LogP contribution in [0.5, 0.6) is 0 Å². The Morgan fingerprint density at radius 3 is 2.80 bits per heavy atom. The molecule has 0 saturated carbocycles. The molecule has 1 aliphatic heterocycles. The number of carboxylic acids is 1. The highest BCUT2D eigenvalue weighted by Gasteiger charge is 2.44. The van der Waals surface area contributed by atoms with Crippen molar-refractivity contribution in [2.45, 2.75) is 26.7 Å². The Kier molecular flexibility index (Phi) is 4.56. The van der Waals surface area contributed by atoms with Gasteiger partial charge in [-0.2, -0.15) is 0 Å². The third kappa shape index (κ3) is 3.02. The molecule has 2 aromatic rings. The molecule has 134 valence electrons. The Labute approximate surface area is 146 Å². The van der Waals surface area contributed by atoms with Gasteiger partial charge in [-0.25, -0.2) is 0 Å². The second-order valence-electron chi connectivity index (χ2n) is 7.00. The number of hydrogen-bond acceptors (Lipinski definition) is 3. The van der Waals surface area contributed by atoms with Crippen LogP contribution in [0.4, 0.5) is 0 Å². The van der Waals surface area contributed by atoms with Crippen LogP contribution in [-0.4, -0.2) is 53.7 Å². The van der Waals surface area contributed by atoms with Crippen LogP contribution in [0.15, 0.2) is 18.2 Å². The number of nitrogens with zero attached hydrogens (tertiary/aromatic N) is 1. The number of benzene rings is 1. The normalized spacial score (nSPS) is 20.8. The molecule has 25 heavy (non-hydrogen) atoms. The molecule has 3 rings (SSSR count). The molecule has 2 heterocycles. The van der Waals surface area contributed by atoms with E-state index in [4.69, 9.17) is 4.74 Å². The van der Waals surface area contributed by atoms with E-state index in [1.807, 2.05) is 32.0 Å². The number of ether oxygens (including phenoxy) is 1. The van der Waals surface area contributed by atoms with Crippen molar-refractivity contribution in [3.05, 3.63) is 35.0 Å². The Hall–Kier alpha value is -2.34. The lowest BCUT2D eigenvalue weighted by molar-refractivity contribution is -0.155. The summed E-state index contributed by atoms with van der Waals surface area (Å²) in [6.07, 6.45) is 1.17. The van der Waals surface area contributed by atoms with Gasteiger partial charge in [-0.05, 0) is 49.9 Å². The van der Waals surface area contributed by atoms with Gasteiger partial charge in [0.2, 0.25) is 0 Å². The number of methoxy groups -OCH3 is 1. The predicted molar refractivity (Wildman–Crippen MR) is 94.9 cm³/mol. The van der Waals surface area contributed by atoms with E-state index in [1.54, 1.807) is 4.90 Å². The molecule has 1 aromatic carbocycles. The van der Waals surface area contributed by atoms with Crippen molar-refractivity contribution in [1.29, 1.82) is 0 Å². The lowest BCUT2D eigenvalue weighted by atomic mass is 9.80. The second kappa shape index (κ2) is 6.52. The van der Waals surface area contributed by atoms with E-state index >= 15 is 0 Å². The lowest BCUT2D eigenvalue weighted by Gasteiger charge is -2.39. The number of rotatable bonds is 4. The van der Waals surface area contributed by atoms with Crippen LogP contribution in [0.2, 0.25) is 0 Å². The topological polar surface area (TPSA) is 82.6 Å². The minimum atomic E-state index is -1.03. The highest BCUT2D eigenvalue weighted by atomic mass is 16.5. The maximum atomic E-state index is 12.9. The zero-order valence-electron chi connectivity index (χ0n) is 14.9. The van der Waals surface area contributed by atoms with E-state index in [1.165, 1.54) is 12.7 Å². The van der Waals surface area contributed by atoms with E-state index in [0.717, 1.165) is 16.5 Å². The molecule has 0 aliphatic carbocycles. The standard InChI is InChI=1S/C19H24N2O4/c1-12-5-6-15-14(13(12)2)9-16(20-15)17(22)21-8-4-7-19(10-21,11-25-3)18(23)24/h5-6,9,20H,4,7-8,10-11H2,1-3H3,(H,23,24). The van der Waals surface area contributed by atoms with Gasteiger partial charge in [-0.15, -0.1) is 0 Å². The Balaban J connectivity index is 1.90. The number of carbonyl (C=O) groups excluding carboxylic acids is 1. The lowest BCUT2D eigenvalue weighted by Crippen LogP contribution is -2.52. The first-order chi connectivity index (χ1) is 11.9. The van der Waals surface area contributed by atoms with Gasteiger partial charge < -0.3 is 19.7 Å². The summed E-state index contributed by atoms with van der Waals surface area (Å²) in [7, 11) is 1.49. The summed E-state index contributed by atoms with van der Waals surface area (Å²) in [4.78, 5) is 29.5. The number of amides is 1. The largest absolute Gasteiger partial charge is 0.481 e. The fourth-order valence-corrected chi connectivity index (χ4v) is 3.68. The van der Waals surface area contributed by atoms with Crippen LogP contribution in [0.25, 0.3) is 10.9 Å². The van der Waals surface area contributed by atoms with Gasteiger partial charge in [0.05, 0.1) is 6.61 Å². The fourth-order valence-electron chi connectivity index (χ4n) is 3.68. The molecule has 1 fully saturated rings. The summed E-state index contributed by atoms with van der Waals surface area (Å²) >= 11 is 0. The SMILES string of the molecule is COCC1(C(=O)O)CCCN(C(=O)c2cc3c(C)c(C)ccc3[nH]2)C1. The fraction of sp³-hybridized carbons (Fsp3) is 0.474. The molecule has 1 amide bonds. The molecule has 1 aliphatic rings. The maximum absolute atomic E-state index is 12.9. The Morgan fingerprint density at radius 2 is 2.12 bits per heavy atom. The average Bonchev–Trinajstić information content (AvgIpc) is 3.03. The third-order valence-corrected chi connectivity index (χ3v) is 5.31. The number of H-pyrrole nitrogens is 1. The van der Waals surface area contributed by atoms with E-state index < -0.39 is 11.4 Å². The molecule has 0 radical (unpaired) electrons. The zero-order chi connectivity index (χ0) is 18.2. The first kappa shape index (κ1) is 17.5. The summed E-state index contributed by atoms with van der Waals surface area (Å²) in [6, 6.07) is 5.86. The molecule has 1 atom stereocenters. The zero-order valence-corrected chi connectivity index (χ0v) is 14.9. The van der Waals surface area contributed by atoms with E-state index in [9.17, 15) is 14.7 Å². The van der Waals surface area contributed by atoms with Gasteiger partial charge in [-0.1, -0.05) is 6.07 Å². The number of aromatic nitrogens is 1. The van der Waals surface area contributed by atoms with Crippen molar-refractivity contribution in [2.75, 3.05) is 26.8 Å². The number of carboxylic acid groups (broad SMARTS) is 1. The molecule has 2 N–H and O–H groups in total. The predicted octanol–water partition coefficient (Wildman–Crippen LogP) is 2.74. The summed E-state index contributed by atoms with van der Waals surface area (Å²) in [5.41, 5.74) is 2.72. The molecular formula is C19H24N2O4. The molecular weight excluding hydrogens is 320 g/mol. The third-order valence-electron chi connectivity index (χ3n) is 5.31. The summed E-state index contributed by atoms with van der Waals surface area (Å²) < 4.78 is 5.13. The van der Waals surface area contributed by atoms with Gasteiger partial charge in [0.25, 0.3) is 5.91 Å². The first-order valence-electron chi connectivity index (χ1n) is 8.48. The van der Waals surface area contributed by atoms with Crippen LogP contribution in [0.3, 0.4) is 0 Å². The van der Waals surface area contributed by atoms with Crippen LogP contribution in [0, 0.1) is 19.3 Å². The highest BCUT2D eigenvalue weighted by molar-refractivity contribution is 5.99. The number of carbonyl (C=O) groups is 2. The number of aromatic amines is 1. The van der Waals surface area contributed by atoms with E-state index in [2.05, 4.69) is 4.98 Å². The summed E-state index contributed by atoms with van der Waals surface area (Å²) in [6.45, 7) is 4.92. The number of aliphatic carboxylic acids is 1. The summed E-state index contributed by atoms with van der Waals surface area (Å²) in [5.74, 6) is -1.07. The van der Waals surface area contributed by atoms with Gasteiger partial charge >= 0.3 is 5.97 Å². The van der Waals surface area contributed by atoms with Crippen molar-refractivity contribution in [2.24, 2.45) is 5.41 Å². The minimum Gasteiger partial charge on any atom is -0.481 e. The van der Waals surface area contributed by atoms with Crippen molar-refractivity contribution >= 4 is 22.8 Å². The van der Waals surface area contributed by atoms with Crippen molar-refractivity contribution in [3.8, 4) is 0 Å². The molecule has 6 nitrogen and oxygen atoms in total. The molecule has 1 unspecified atom stereocenters. The number of hydrogen-bond donors (Lipinski definition) is 2.